The van der Waals surface area contributed by atoms with Crippen molar-refractivity contribution in [2.24, 2.45) is 5.92 Å². The zero-order chi connectivity index (χ0) is 44.3. The van der Waals surface area contributed by atoms with Gasteiger partial charge in [0.15, 0.2) is 5.82 Å². The average Bonchev–Trinajstić information content (AvgIpc) is 3.65. The van der Waals surface area contributed by atoms with E-state index in [0.29, 0.717) is 40.6 Å². The zero-order valence-electron chi connectivity index (χ0n) is 35.2. The van der Waals surface area contributed by atoms with Crippen LogP contribution in [0.2, 0.25) is 0 Å². The summed E-state index contributed by atoms with van der Waals surface area (Å²) < 4.78 is 67.1. The number of para-hydroxylation sites is 1. The number of alkyl halides is 3. The summed E-state index contributed by atoms with van der Waals surface area (Å²) in [6, 6.07) is 14.1. The van der Waals surface area contributed by atoms with Crippen LogP contribution in [0.1, 0.15) is 68.0 Å². The lowest BCUT2D eigenvalue weighted by Gasteiger charge is -2.33. The molecule has 0 amide bonds. The van der Waals surface area contributed by atoms with Crippen LogP contribution in [0.25, 0.3) is 27.0 Å². The van der Waals surface area contributed by atoms with Gasteiger partial charge in [-0.15, -0.1) is 13.2 Å². The van der Waals surface area contributed by atoms with E-state index in [1.807, 2.05) is 13.1 Å². The molecule has 12 nitrogen and oxygen atoms in total. The summed E-state index contributed by atoms with van der Waals surface area (Å²) in [4.78, 5) is 31.5. The van der Waals surface area contributed by atoms with Crippen molar-refractivity contribution in [1.29, 1.82) is 0 Å². The normalized spacial score (nSPS) is 18.4. The number of rotatable bonds is 16. The van der Waals surface area contributed by atoms with Gasteiger partial charge >= 0.3 is 12.3 Å². The molecule has 8 rings (SSSR count). The standard InChI is InChI=1S/C46H48ClF3N6O6S/c1-27-22-35(59-21-20-56-18-16-55(3)17-19-56)41(47)28(2)38(27)40-39-37(25-52-42(40)29-9-6-10-29)63-54-44(39)61-36(45(57)58)24-30-8-4-5-13-34(30)60-26-32-14-15-51-43(53-32)31-11-7-12-33(23-31)62-46(48,49)50/h4-5,7-8,11-15,23,25,27,29,36H,6,9-10,16-22,24,26H2,1-3H3,(H,57,58)/t27?,36-/m1/s1. The SMILES string of the molecule is CC1=C(c2c(C3CCC3)ncc3snc(O[C@H](Cc4ccccc4OCc4ccnc(-c5cccc(OC(F)(F)F)c5)n4)C(=O)O)c23)C(C)CC(OCCN2CCN(C)CC2)=C1Cl. The Kier molecular flexibility index (Phi) is 13.5. The van der Waals surface area contributed by atoms with Gasteiger partial charge in [0.05, 0.1) is 26.5 Å². The van der Waals surface area contributed by atoms with Gasteiger partial charge < -0.3 is 29.0 Å². The molecule has 4 heterocycles. The number of nitrogens with zero attached hydrogens (tertiary/aromatic N) is 6. The van der Waals surface area contributed by atoms with Crippen LogP contribution < -0.4 is 14.2 Å². The molecule has 5 aromatic rings. The van der Waals surface area contributed by atoms with Crippen LogP contribution >= 0.6 is 23.1 Å². The highest BCUT2D eigenvalue weighted by Gasteiger charge is 2.35. The molecule has 3 aliphatic rings. The predicted octanol–water partition coefficient (Wildman–Crippen LogP) is 9.50. The molecule has 0 spiro atoms. The number of allylic oxidation sites excluding steroid dienone is 4. The first kappa shape index (κ1) is 44.3. The van der Waals surface area contributed by atoms with Crippen molar-refractivity contribution in [3.8, 4) is 28.8 Å². The Balaban J connectivity index is 1.03. The van der Waals surface area contributed by atoms with Crippen LogP contribution in [-0.2, 0) is 22.6 Å². The van der Waals surface area contributed by atoms with Crippen LogP contribution in [0.5, 0.6) is 17.4 Å². The molecule has 1 aliphatic heterocycles. The van der Waals surface area contributed by atoms with Gasteiger partial charge in [-0.25, -0.2) is 14.8 Å². The van der Waals surface area contributed by atoms with Gasteiger partial charge in [-0.2, -0.15) is 4.37 Å². The summed E-state index contributed by atoms with van der Waals surface area (Å²) in [7, 11) is 2.14. The fraction of sp³-hybridized carbons (Fsp3) is 0.413. The molecule has 17 heteroatoms. The van der Waals surface area contributed by atoms with Crippen molar-refractivity contribution in [2.75, 3.05) is 46.4 Å². The van der Waals surface area contributed by atoms with E-state index in [2.05, 4.69) is 38.5 Å². The van der Waals surface area contributed by atoms with Gasteiger partial charge in [0.1, 0.15) is 30.5 Å². The van der Waals surface area contributed by atoms with E-state index in [4.69, 9.17) is 35.2 Å². The van der Waals surface area contributed by atoms with Crippen molar-refractivity contribution in [2.45, 2.75) is 70.9 Å². The summed E-state index contributed by atoms with van der Waals surface area (Å²) in [6.07, 6.45) is 0.768. The summed E-state index contributed by atoms with van der Waals surface area (Å²) in [5, 5.41) is 11.9. The van der Waals surface area contributed by atoms with Gasteiger partial charge in [0.25, 0.3) is 0 Å². The highest BCUT2D eigenvalue weighted by atomic mass is 35.5. The minimum atomic E-state index is -4.84. The Morgan fingerprint density at radius 3 is 2.59 bits per heavy atom. The molecule has 2 aliphatic carbocycles. The number of pyridine rings is 1. The van der Waals surface area contributed by atoms with Gasteiger partial charge in [0, 0.05) is 75.0 Å². The lowest BCUT2D eigenvalue weighted by molar-refractivity contribution is -0.274. The lowest BCUT2D eigenvalue weighted by Crippen LogP contribution is -2.45. The molecule has 332 valence electrons. The quantitative estimate of drug-likeness (QED) is 0.101. The second-order valence-corrected chi connectivity index (χ2v) is 17.4. The molecule has 2 atom stereocenters. The Morgan fingerprint density at radius 2 is 1.84 bits per heavy atom. The first-order valence-corrected chi connectivity index (χ1v) is 22.2. The molecule has 1 saturated heterocycles. The Labute approximate surface area is 372 Å². The van der Waals surface area contributed by atoms with E-state index in [1.54, 1.807) is 36.4 Å². The summed E-state index contributed by atoms with van der Waals surface area (Å²) in [6.45, 7) is 9.63. The number of fused-ring (bicyclic) bond motifs is 1. The maximum Gasteiger partial charge on any atom is 0.573 e. The first-order valence-electron chi connectivity index (χ1n) is 21.0. The number of aliphatic carboxylic acids is 1. The van der Waals surface area contributed by atoms with Crippen LogP contribution in [0, 0.1) is 5.92 Å². The third kappa shape index (κ3) is 10.4. The van der Waals surface area contributed by atoms with E-state index >= 15 is 0 Å². The minimum absolute atomic E-state index is 0.0175. The fourth-order valence-electron chi connectivity index (χ4n) is 8.29. The molecule has 1 saturated carbocycles. The lowest BCUT2D eigenvalue weighted by atomic mass is 9.75. The van der Waals surface area contributed by atoms with E-state index < -0.39 is 24.2 Å². The Hall–Kier alpha value is -5.29. The number of halogens is 4. The second-order valence-electron chi connectivity index (χ2n) is 16.2. The number of benzene rings is 2. The number of carbonyl (C=O) groups is 1. The van der Waals surface area contributed by atoms with Crippen LogP contribution in [-0.4, -0.2) is 99.0 Å². The van der Waals surface area contributed by atoms with Crippen molar-refractivity contribution in [3.63, 3.8) is 0 Å². The zero-order valence-corrected chi connectivity index (χ0v) is 36.7. The van der Waals surface area contributed by atoms with Crippen LogP contribution in [0.15, 0.2) is 83.4 Å². The molecule has 2 aromatic carbocycles. The predicted molar refractivity (Wildman–Crippen MR) is 234 cm³/mol. The number of aromatic nitrogens is 4. The van der Waals surface area contributed by atoms with Crippen LogP contribution in [0.4, 0.5) is 13.2 Å². The average molecular weight is 905 g/mol. The third-order valence-electron chi connectivity index (χ3n) is 11.8. The molecule has 1 N–H and O–H groups in total. The molecule has 63 heavy (non-hydrogen) atoms. The summed E-state index contributed by atoms with van der Waals surface area (Å²) in [5.74, 6) is 0.281. The van der Waals surface area contributed by atoms with Gasteiger partial charge in [0.2, 0.25) is 12.0 Å². The fourth-order valence-corrected chi connectivity index (χ4v) is 9.22. The summed E-state index contributed by atoms with van der Waals surface area (Å²) in [5.41, 5.74) is 5.14. The van der Waals surface area contributed by atoms with Gasteiger partial charge in [-0.05, 0) is 85.2 Å². The van der Waals surface area contributed by atoms with Gasteiger partial charge in [-0.3, -0.25) is 9.88 Å². The molecule has 0 radical (unpaired) electrons. The largest absolute Gasteiger partial charge is 0.573 e. The molecule has 1 unspecified atom stereocenters. The number of piperazine rings is 1. The van der Waals surface area contributed by atoms with Crippen molar-refractivity contribution in [1.82, 2.24) is 29.1 Å². The number of ether oxygens (including phenoxy) is 4. The van der Waals surface area contributed by atoms with E-state index in [9.17, 15) is 23.1 Å². The third-order valence-corrected chi connectivity index (χ3v) is 13.1. The maximum absolute atomic E-state index is 13.0. The number of hydrogen-bond acceptors (Lipinski definition) is 12. The molecule has 2 fully saturated rings. The molecule has 3 aromatic heterocycles. The monoisotopic (exact) mass is 904 g/mol. The number of carboxylic acids is 1. The Morgan fingerprint density at radius 1 is 1.05 bits per heavy atom. The minimum Gasteiger partial charge on any atom is -0.495 e. The first-order chi connectivity index (χ1) is 30.3. The number of likely N-dealkylation sites (N-methyl/N-ethyl adjacent to an activating group) is 1. The molecule has 0 bridgehead atoms. The smallest absolute Gasteiger partial charge is 0.495 e. The van der Waals surface area contributed by atoms with Gasteiger partial charge in [-0.1, -0.05) is 55.3 Å². The van der Waals surface area contributed by atoms with Crippen molar-refractivity contribution >= 4 is 44.8 Å². The number of hydrogen-bond donors (Lipinski definition) is 1. The van der Waals surface area contributed by atoms with Crippen LogP contribution in [0.3, 0.4) is 0 Å². The van der Waals surface area contributed by atoms with E-state index in [1.165, 1.54) is 35.9 Å². The van der Waals surface area contributed by atoms with E-state index in [0.717, 1.165) is 90.2 Å². The topological polar surface area (TPSA) is 132 Å². The maximum atomic E-state index is 13.0. The molecular formula is C46H48ClF3N6O6S. The van der Waals surface area contributed by atoms with E-state index in [-0.39, 0.29) is 36.6 Å². The van der Waals surface area contributed by atoms with Crippen molar-refractivity contribution < 1.29 is 42.0 Å². The summed E-state index contributed by atoms with van der Waals surface area (Å²) >= 11 is 8.38. The van der Waals surface area contributed by atoms with Crippen molar-refractivity contribution in [3.05, 3.63) is 106 Å². The number of carboxylic acid groups (broad SMARTS) is 1. The second kappa shape index (κ2) is 19.2. The highest BCUT2D eigenvalue weighted by Crippen LogP contribution is 2.50. The Bertz CT molecular complexity index is 2520. The molecular weight excluding hydrogens is 857 g/mol. The highest BCUT2D eigenvalue weighted by molar-refractivity contribution is 7.13.